The van der Waals surface area contributed by atoms with Crippen LogP contribution in [0.1, 0.15) is 10.4 Å². The molecule has 0 unspecified atom stereocenters. The third-order valence-electron chi connectivity index (χ3n) is 2.27. The Morgan fingerprint density at radius 1 is 1.50 bits per heavy atom. The van der Waals surface area contributed by atoms with Gasteiger partial charge in [-0.25, -0.2) is 4.79 Å². The summed E-state index contributed by atoms with van der Waals surface area (Å²) in [6.07, 6.45) is 3.68. The Bertz CT molecular complexity index is 554. The van der Waals surface area contributed by atoms with E-state index in [0.29, 0.717) is 18.9 Å². The van der Waals surface area contributed by atoms with Crippen molar-refractivity contribution in [1.82, 2.24) is 9.78 Å². The van der Waals surface area contributed by atoms with E-state index >= 15 is 0 Å². The molecule has 1 aromatic heterocycles. The summed E-state index contributed by atoms with van der Waals surface area (Å²) in [6, 6.07) is 6.44. The van der Waals surface area contributed by atoms with Crippen molar-refractivity contribution in [2.24, 2.45) is 0 Å². The van der Waals surface area contributed by atoms with E-state index in [9.17, 15) is 4.79 Å². The Morgan fingerprint density at radius 2 is 2.33 bits per heavy atom. The fraction of sp³-hybridized carbons (Fsp3) is 0.167. The summed E-state index contributed by atoms with van der Waals surface area (Å²) in [4.78, 5) is 10.8. The second-order valence-electron chi connectivity index (χ2n) is 3.60. The van der Waals surface area contributed by atoms with Crippen LogP contribution in [0.15, 0.2) is 36.7 Å². The van der Waals surface area contributed by atoms with Crippen LogP contribution in [0.2, 0.25) is 0 Å². The van der Waals surface area contributed by atoms with Gasteiger partial charge in [-0.3, -0.25) is 4.68 Å². The largest absolute Gasteiger partial charge is 0.492 e. The first-order valence-corrected chi connectivity index (χ1v) is 6.37. The number of carbonyl (C=O) groups is 1. The summed E-state index contributed by atoms with van der Waals surface area (Å²) < 4.78 is 8.33. The maximum absolute atomic E-state index is 10.8. The van der Waals surface area contributed by atoms with Crippen molar-refractivity contribution in [2.45, 2.75) is 6.54 Å². The number of halogens is 1. The third-order valence-corrected chi connectivity index (χ3v) is 2.83. The summed E-state index contributed by atoms with van der Waals surface area (Å²) in [5.41, 5.74) is 0.223. The van der Waals surface area contributed by atoms with Crippen LogP contribution < -0.4 is 4.74 Å². The van der Waals surface area contributed by atoms with Crippen molar-refractivity contribution < 1.29 is 14.6 Å². The van der Waals surface area contributed by atoms with Crippen LogP contribution in [0.3, 0.4) is 0 Å². The molecule has 6 heteroatoms. The number of aromatic carboxylic acids is 1. The van der Waals surface area contributed by atoms with Gasteiger partial charge < -0.3 is 9.84 Å². The summed E-state index contributed by atoms with van der Waals surface area (Å²) >= 11 is 2.19. The predicted octanol–water partition coefficient (Wildman–Crippen LogP) is 2.26. The van der Waals surface area contributed by atoms with Crippen LogP contribution >= 0.6 is 22.6 Å². The maximum Gasteiger partial charge on any atom is 0.335 e. The average molecular weight is 358 g/mol. The molecule has 2 aromatic rings. The van der Waals surface area contributed by atoms with E-state index in [1.807, 2.05) is 6.20 Å². The van der Waals surface area contributed by atoms with Gasteiger partial charge in [0.05, 0.1) is 21.9 Å². The van der Waals surface area contributed by atoms with Crippen LogP contribution in [-0.2, 0) is 6.54 Å². The lowest BCUT2D eigenvalue weighted by molar-refractivity contribution is 0.0696. The molecule has 0 amide bonds. The smallest absolute Gasteiger partial charge is 0.335 e. The molecule has 94 valence electrons. The monoisotopic (exact) mass is 358 g/mol. The molecule has 18 heavy (non-hydrogen) atoms. The molecule has 2 rings (SSSR count). The van der Waals surface area contributed by atoms with E-state index < -0.39 is 5.97 Å². The number of rotatable bonds is 5. The van der Waals surface area contributed by atoms with Crippen LogP contribution in [0.25, 0.3) is 0 Å². The molecule has 0 aliphatic carbocycles. The van der Waals surface area contributed by atoms with Crippen molar-refractivity contribution in [1.29, 1.82) is 0 Å². The average Bonchev–Trinajstić information content (AvgIpc) is 2.75. The highest BCUT2D eigenvalue weighted by Gasteiger charge is 2.03. The maximum atomic E-state index is 10.8. The van der Waals surface area contributed by atoms with Gasteiger partial charge in [0.2, 0.25) is 0 Å². The zero-order valence-electron chi connectivity index (χ0n) is 9.41. The molecule has 0 saturated heterocycles. The minimum Gasteiger partial charge on any atom is -0.492 e. The normalized spacial score (nSPS) is 10.3. The predicted molar refractivity (Wildman–Crippen MR) is 73.8 cm³/mol. The van der Waals surface area contributed by atoms with Gasteiger partial charge >= 0.3 is 5.97 Å². The van der Waals surface area contributed by atoms with Crippen molar-refractivity contribution in [3.05, 3.63) is 45.8 Å². The van der Waals surface area contributed by atoms with Crippen LogP contribution in [0.4, 0.5) is 0 Å². The summed E-state index contributed by atoms with van der Waals surface area (Å²) in [6.45, 7) is 1.07. The van der Waals surface area contributed by atoms with Gasteiger partial charge in [0.15, 0.2) is 0 Å². The lowest BCUT2D eigenvalue weighted by Crippen LogP contribution is -2.08. The number of benzene rings is 1. The fourth-order valence-corrected chi connectivity index (χ4v) is 1.88. The van der Waals surface area contributed by atoms with Crippen LogP contribution in [0.5, 0.6) is 5.75 Å². The number of carboxylic acid groups (broad SMARTS) is 1. The molecule has 0 fully saturated rings. The molecule has 0 radical (unpaired) electrons. The Labute approximate surface area is 118 Å². The number of nitrogens with zero attached hydrogens (tertiary/aromatic N) is 2. The lowest BCUT2D eigenvalue weighted by atomic mass is 10.2. The molecule has 1 heterocycles. The molecular weight excluding hydrogens is 347 g/mol. The second kappa shape index (κ2) is 5.85. The Morgan fingerprint density at radius 3 is 3.00 bits per heavy atom. The van der Waals surface area contributed by atoms with Gasteiger partial charge in [-0.1, -0.05) is 6.07 Å². The SMILES string of the molecule is O=C(O)c1cccc(OCCn2cc(I)cn2)c1. The molecule has 0 saturated carbocycles. The molecule has 1 N–H and O–H groups in total. The zero-order chi connectivity index (χ0) is 13.0. The summed E-state index contributed by atoms with van der Waals surface area (Å²) in [5, 5.41) is 13.0. The van der Waals surface area contributed by atoms with Crippen molar-refractivity contribution >= 4 is 28.6 Å². The van der Waals surface area contributed by atoms with Crippen molar-refractivity contribution in [3.8, 4) is 5.75 Å². The number of carboxylic acids is 1. The molecule has 0 aliphatic rings. The van der Waals surface area contributed by atoms with Crippen molar-refractivity contribution in [3.63, 3.8) is 0 Å². The molecule has 0 aliphatic heterocycles. The molecule has 0 spiro atoms. The molecule has 0 bridgehead atoms. The Balaban J connectivity index is 1.90. The van der Waals surface area contributed by atoms with E-state index in [-0.39, 0.29) is 5.56 Å². The highest BCUT2D eigenvalue weighted by Crippen LogP contribution is 2.13. The molecular formula is C12H11IN2O3. The van der Waals surface area contributed by atoms with Gasteiger partial charge in [-0.15, -0.1) is 0 Å². The Hall–Kier alpha value is -1.57. The van der Waals surface area contributed by atoms with Crippen LogP contribution in [0, 0.1) is 3.57 Å². The van der Waals surface area contributed by atoms with Gasteiger partial charge in [0.25, 0.3) is 0 Å². The highest BCUT2D eigenvalue weighted by atomic mass is 127. The minimum atomic E-state index is -0.956. The van der Waals surface area contributed by atoms with E-state index in [1.165, 1.54) is 12.1 Å². The summed E-state index contributed by atoms with van der Waals surface area (Å²) in [7, 11) is 0. The number of aromatic nitrogens is 2. The first-order valence-electron chi connectivity index (χ1n) is 5.29. The molecule has 1 aromatic carbocycles. The number of ether oxygens (including phenoxy) is 1. The summed E-state index contributed by atoms with van der Waals surface area (Å²) in [5.74, 6) is -0.404. The van der Waals surface area contributed by atoms with Gasteiger partial charge in [-0.05, 0) is 40.8 Å². The molecule has 0 atom stereocenters. The van der Waals surface area contributed by atoms with E-state index in [1.54, 1.807) is 23.0 Å². The third kappa shape index (κ3) is 3.46. The molecule has 5 nitrogen and oxygen atoms in total. The highest BCUT2D eigenvalue weighted by molar-refractivity contribution is 14.1. The van der Waals surface area contributed by atoms with Gasteiger partial charge in [0.1, 0.15) is 12.4 Å². The van der Waals surface area contributed by atoms with Crippen LogP contribution in [-0.4, -0.2) is 27.5 Å². The lowest BCUT2D eigenvalue weighted by Gasteiger charge is -2.06. The van der Waals surface area contributed by atoms with Gasteiger partial charge in [0, 0.05) is 6.20 Å². The van der Waals surface area contributed by atoms with E-state index in [4.69, 9.17) is 9.84 Å². The second-order valence-corrected chi connectivity index (χ2v) is 4.85. The fourth-order valence-electron chi connectivity index (χ4n) is 1.44. The number of hydrogen-bond donors (Lipinski definition) is 1. The quantitative estimate of drug-likeness (QED) is 0.833. The zero-order valence-corrected chi connectivity index (χ0v) is 11.6. The van der Waals surface area contributed by atoms with E-state index in [2.05, 4.69) is 27.7 Å². The van der Waals surface area contributed by atoms with Gasteiger partial charge in [-0.2, -0.15) is 5.10 Å². The topological polar surface area (TPSA) is 64.3 Å². The van der Waals surface area contributed by atoms with Crippen molar-refractivity contribution in [2.75, 3.05) is 6.61 Å². The van der Waals surface area contributed by atoms with E-state index in [0.717, 1.165) is 3.57 Å². The first-order chi connectivity index (χ1) is 8.65. The first kappa shape index (κ1) is 12.9. The minimum absolute atomic E-state index is 0.223. The number of hydrogen-bond acceptors (Lipinski definition) is 3. The Kier molecular flexibility index (Phi) is 4.19. The standard InChI is InChI=1S/C12H11IN2O3/c13-10-7-14-15(8-10)4-5-18-11-3-1-2-9(6-11)12(16)17/h1-3,6-8H,4-5H2,(H,16,17).